The van der Waals surface area contributed by atoms with E-state index in [9.17, 15) is 5.11 Å². The molecule has 1 aromatic heterocycles. The van der Waals surface area contributed by atoms with Gasteiger partial charge < -0.3 is 5.11 Å². The summed E-state index contributed by atoms with van der Waals surface area (Å²) in [5.74, 6) is 0. The molecule has 0 aliphatic heterocycles. The van der Waals surface area contributed by atoms with Crippen molar-refractivity contribution in [1.29, 1.82) is 0 Å². The molecule has 5 heteroatoms. The Hall–Kier alpha value is -1.13. The maximum absolute atomic E-state index is 10.3. The van der Waals surface area contributed by atoms with Gasteiger partial charge in [0.2, 0.25) is 0 Å². The third-order valence-electron chi connectivity index (χ3n) is 3.05. The van der Waals surface area contributed by atoms with Gasteiger partial charge in [-0.3, -0.25) is 0 Å². The van der Waals surface area contributed by atoms with Gasteiger partial charge in [-0.05, 0) is 18.2 Å². The van der Waals surface area contributed by atoms with Gasteiger partial charge in [-0.1, -0.05) is 47.5 Å². The van der Waals surface area contributed by atoms with Crippen LogP contribution in [0.4, 0.5) is 0 Å². The zero-order chi connectivity index (χ0) is 14.1. The summed E-state index contributed by atoms with van der Waals surface area (Å²) in [5, 5.41) is 12.1. The first-order valence-electron chi connectivity index (χ1n) is 6.11. The van der Waals surface area contributed by atoms with Gasteiger partial charge in [0.25, 0.3) is 0 Å². The van der Waals surface area contributed by atoms with E-state index in [1.54, 1.807) is 29.5 Å². The van der Waals surface area contributed by atoms with Gasteiger partial charge in [0.05, 0.1) is 31.4 Å². The highest BCUT2D eigenvalue weighted by molar-refractivity contribution is 7.18. The topological polar surface area (TPSA) is 33.1 Å². The minimum absolute atomic E-state index is 0.405. The van der Waals surface area contributed by atoms with E-state index in [4.69, 9.17) is 23.2 Å². The molecule has 3 aromatic rings. The van der Waals surface area contributed by atoms with Crippen molar-refractivity contribution in [2.24, 2.45) is 0 Å². The molecule has 0 radical (unpaired) electrons. The van der Waals surface area contributed by atoms with Crippen LogP contribution in [0.25, 0.3) is 10.2 Å². The number of aliphatic hydroxyl groups excluding tert-OH is 1. The largest absolute Gasteiger partial charge is 0.388 e. The number of benzene rings is 2. The molecule has 2 aromatic carbocycles. The summed E-state index contributed by atoms with van der Waals surface area (Å²) >= 11 is 13.7. The highest BCUT2D eigenvalue weighted by atomic mass is 35.5. The van der Waals surface area contributed by atoms with Crippen molar-refractivity contribution in [2.45, 2.75) is 12.5 Å². The Morgan fingerprint density at radius 3 is 2.70 bits per heavy atom. The molecule has 0 saturated carbocycles. The molecule has 0 amide bonds. The van der Waals surface area contributed by atoms with Crippen LogP contribution in [-0.4, -0.2) is 10.1 Å². The average molecular weight is 324 g/mol. The second kappa shape index (κ2) is 5.70. The van der Waals surface area contributed by atoms with E-state index in [0.29, 0.717) is 22.0 Å². The number of nitrogens with zero attached hydrogens (tertiary/aromatic N) is 1. The van der Waals surface area contributed by atoms with Crippen LogP contribution in [0.1, 0.15) is 16.7 Å². The van der Waals surface area contributed by atoms with Crippen molar-refractivity contribution in [3.8, 4) is 0 Å². The summed E-state index contributed by atoms with van der Waals surface area (Å²) in [6.45, 7) is 0. The second-order valence-corrected chi connectivity index (χ2v) is 6.34. The molecular formula is C15H11Cl2NOS. The number of hydrogen-bond acceptors (Lipinski definition) is 3. The first kappa shape index (κ1) is 13.8. The number of thiazole rings is 1. The lowest BCUT2D eigenvalue weighted by Gasteiger charge is -2.11. The van der Waals surface area contributed by atoms with Crippen molar-refractivity contribution in [3.05, 3.63) is 63.1 Å². The van der Waals surface area contributed by atoms with Crippen LogP contribution in [0.2, 0.25) is 10.0 Å². The number of aromatic nitrogens is 1. The standard InChI is InChI=1S/C15H11Cl2NOS/c16-10-5-3-4-9(15(10)17)12(19)8-14-18-11-6-1-2-7-13(11)20-14/h1-7,12,19H,8H2. The fourth-order valence-electron chi connectivity index (χ4n) is 2.06. The van der Waals surface area contributed by atoms with Gasteiger partial charge in [0.1, 0.15) is 0 Å². The van der Waals surface area contributed by atoms with Gasteiger partial charge in [-0.15, -0.1) is 11.3 Å². The zero-order valence-electron chi connectivity index (χ0n) is 10.4. The minimum Gasteiger partial charge on any atom is -0.388 e. The maximum Gasteiger partial charge on any atom is 0.0967 e. The fourth-order valence-corrected chi connectivity index (χ4v) is 3.50. The molecule has 20 heavy (non-hydrogen) atoms. The van der Waals surface area contributed by atoms with Crippen molar-refractivity contribution in [3.63, 3.8) is 0 Å². The maximum atomic E-state index is 10.3. The van der Waals surface area contributed by atoms with Crippen LogP contribution in [0.5, 0.6) is 0 Å². The molecular weight excluding hydrogens is 313 g/mol. The number of fused-ring (bicyclic) bond motifs is 1. The van der Waals surface area contributed by atoms with Gasteiger partial charge in [-0.25, -0.2) is 4.98 Å². The van der Waals surface area contributed by atoms with E-state index < -0.39 is 6.10 Å². The molecule has 102 valence electrons. The van der Waals surface area contributed by atoms with Crippen LogP contribution in [0, 0.1) is 0 Å². The number of para-hydroxylation sites is 1. The van der Waals surface area contributed by atoms with Crippen LogP contribution in [0.3, 0.4) is 0 Å². The van der Waals surface area contributed by atoms with Crippen LogP contribution < -0.4 is 0 Å². The lowest BCUT2D eigenvalue weighted by atomic mass is 10.1. The number of rotatable bonds is 3. The van der Waals surface area contributed by atoms with E-state index in [-0.39, 0.29) is 0 Å². The monoisotopic (exact) mass is 323 g/mol. The first-order valence-corrected chi connectivity index (χ1v) is 7.69. The SMILES string of the molecule is OC(Cc1nc2ccccc2s1)c1cccc(Cl)c1Cl. The first-order chi connectivity index (χ1) is 9.65. The molecule has 0 spiro atoms. The molecule has 0 fully saturated rings. The number of aliphatic hydroxyl groups is 1. The molecule has 0 bridgehead atoms. The van der Waals surface area contributed by atoms with Gasteiger partial charge in [0.15, 0.2) is 0 Å². The number of hydrogen-bond donors (Lipinski definition) is 1. The zero-order valence-corrected chi connectivity index (χ0v) is 12.7. The van der Waals surface area contributed by atoms with Gasteiger partial charge in [0, 0.05) is 12.0 Å². The summed E-state index contributed by atoms with van der Waals surface area (Å²) < 4.78 is 1.12. The highest BCUT2D eigenvalue weighted by Crippen LogP contribution is 2.32. The Balaban J connectivity index is 1.88. The summed E-state index contributed by atoms with van der Waals surface area (Å²) in [4.78, 5) is 4.51. The molecule has 1 atom stereocenters. The van der Waals surface area contributed by atoms with E-state index in [0.717, 1.165) is 15.2 Å². The minimum atomic E-state index is -0.707. The second-order valence-electron chi connectivity index (χ2n) is 4.44. The molecule has 1 unspecified atom stereocenters. The van der Waals surface area contributed by atoms with Crippen LogP contribution in [-0.2, 0) is 6.42 Å². The Labute approximate surface area is 130 Å². The van der Waals surface area contributed by atoms with Gasteiger partial charge in [-0.2, -0.15) is 0 Å². The highest BCUT2D eigenvalue weighted by Gasteiger charge is 2.16. The predicted molar refractivity (Wildman–Crippen MR) is 84.7 cm³/mol. The summed E-state index contributed by atoms with van der Waals surface area (Å²) in [5.41, 5.74) is 1.59. The van der Waals surface area contributed by atoms with Crippen molar-refractivity contribution < 1.29 is 5.11 Å². The van der Waals surface area contributed by atoms with E-state index >= 15 is 0 Å². The normalized spacial score (nSPS) is 12.8. The Morgan fingerprint density at radius 1 is 1.10 bits per heavy atom. The Morgan fingerprint density at radius 2 is 1.90 bits per heavy atom. The van der Waals surface area contributed by atoms with Crippen molar-refractivity contribution in [1.82, 2.24) is 4.98 Å². The molecule has 3 rings (SSSR count). The lowest BCUT2D eigenvalue weighted by Crippen LogP contribution is -2.02. The smallest absolute Gasteiger partial charge is 0.0967 e. The number of halogens is 2. The molecule has 0 aliphatic rings. The third-order valence-corrected chi connectivity index (χ3v) is 4.94. The summed E-state index contributed by atoms with van der Waals surface area (Å²) in [7, 11) is 0. The van der Waals surface area contributed by atoms with E-state index in [2.05, 4.69) is 4.98 Å². The van der Waals surface area contributed by atoms with Gasteiger partial charge >= 0.3 is 0 Å². The third kappa shape index (κ3) is 2.67. The van der Waals surface area contributed by atoms with Crippen molar-refractivity contribution in [2.75, 3.05) is 0 Å². The Bertz CT molecular complexity index is 723. The predicted octanol–water partition coefficient (Wildman–Crippen LogP) is 4.88. The molecule has 0 saturated heterocycles. The van der Waals surface area contributed by atoms with E-state index in [1.807, 2.05) is 24.3 Å². The van der Waals surface area contributed by atoms with E-state index in [1.165, 1.54) is 0 Å². The molecule has 0 aliphatic carbocycles. The summed E-state index contributed by atoms with van der Waals surface area (Å²) in [6, 6.07) is 13.2. The quantitative estimate of drug-likeness (QED) is 0.745. The lowest BCUT2D eigenvalue weighted by molar-refractivity contribution is 0.178. The van der Waals surface area contributed by atoms with Crippen LogP contribution >= 0.6 is 34.5 Å². The Kier molecular flexibility index (Phi) is 3.94. The molecule has 1 heterocycles. The van der Waals surface area contributed by atoms with Crippen LogP contribution in [0.15, 0.2) is 42.5 Å². The summed E-state index contributed by atoms with van der Waals surface area (Å²) in [6.07, 6.45) is -0.277. The average Bonchev–Trinajstić information content (AvgIpc) is 2.83. The van der Waals surface area contributed by atoms with Crippen molar-refractivity contribution >= 4 is 44.8 Å². The fraction of sp³-hybridized carbons (Fsp3) is 0.133. The molecule has 1 N–H and O–H groups in total. The molecule has 2 nitrogen and oxygen atoms in total.